The van der Waals surface area contributed by atoms with E-state index in [1.165, 1.54) is 0 Å². The fraction of sp³-hybridized carbons (Fsp3) is 0.538. The minimum Gasteiger partial charge on any atom is -0.480 e. The maximum Gasteiger partial charge on any atom is 0.329 e. The number of carbonyl (C=O) groups is 2. The quantitative estimate of drug-likeness (QED) is 0.829. The monoisotopic (exact) mass is 267 g/mol. The second-order valence-corrected chi connectivity index (χ2v) is 4.63. The smallest absolute Gasteiger partial charge is 0.329 e. The molecule has 0 radical (unpaired) electrons. The summed E-state index contributed by atoms with van der Waals surface area (Å²) in [7, 11) is 0. The molecule has 1 saturated heterocycles. The number of hydrogen-bond acceptors (Lipinski definition) is 4. The number of furan rings is 1. The lowest BCUT2D eigenvalue weighted by molar-refractivity contribution is -0.152. The largest absolute Gasteiger partial charge is 0.480 e. The van der Waals surface area contributed by atoms with Gasteiger partial charge in [-0.15, -0.1) is 0 Å². The van der Waals surface area contributed by atoms with Gasteiger partial charge in [-0.25, -0.2) is 4.79 Å². The molecule has 6 heteroatoms. The van der Waals surface area contributed by atoms with Crippen molar-refractivity contribution in [1.82, 2.24) is 5.32 Å². The van der Waals surface area contributed by atoms with Gasteiger partial charge in [-0.2, -0.15) is 0 Å². The van der Waals surface area contributed by atoms with Crippen molar-refractivity contribution in [3.05, 3.63) is 24.2 Å². The van der Waals surface area contributed by atoms with Crippen LogP contribution < -0.4 is 5.32 Å². The number of rotatable bonds is 5. The molecule has 2 heterocycles. The third-order valence-corrected chi connectivity index (χ3v) is 3.31. The van der Waals surface area contributed by atoms with Crippen LogP contribution in [0.25, 0.3) is 0 Å². The van der Waals surface area contributed by atoms with Crippen LogP contribution in [0.2, 0.25) is 0 Å². The third-order valence-electron chi connectivity index (χ3n) is 3.31. The summed E-state index contributed by atoms with van der Waals surface area (Å²) in [6.45, 7) is 0.704. The van der Waals surface area contributed by atoms with Crippen LogP contribution in [0, 0.1) is 0 Å². The number of ether oxygens (including phenoxy) is 1. The first-order chi connectivity index (χ1) is 9.12. The Morgan fingerprint density at radius 3 is 2.68 bits per heavy atom. The predicted molar refractivity (Wildman–Crippen MR) is 65.6 cm³/mol. The molecule has 104 valence electrons. The molecule has 0 spiro atoms. The Morgan fingerprint density at radius 1 is 1.37 bits per heavy atom. The molecule has 1 aliphatic rings. The van der Waals surface area contributed by atoms with E-state index in [1.807, 2.05) is 0 Å². The summed E-state index contributed by atoms with van der Waals surface area (Å²) < 4.78 is 10.3. The first-order valence-electron chi connectivity index (χ1n) is 6.27. The highest BCUT2D eigenvalue weighted by atomic mass is 16.5. The molecule has 1 amide bonds. The van der Waals surface area contributed by atoms with Gasteiger partial charge in [0.05, 0.1) is 6.26 Å². The standard InChI is InChI=1S/C13H17NO5/c15-11(4-3-10-2-1-7-19-10)14-13(12(16)17)5-8-18-9-6-13/h1-2,7H,3-6,8-9H2,(H,14,15)(H,16,17). The highest BCUT2D eigenvalue weighted by Gasteiger charge is 2.41. The topological polar surface area (TPSA) is 88.8 Å². The average molecular weight is 267 g/mol. The van der Waals surface area contributed by atoms with Crippen LogP contribution >= 0.6 is 0 Å². The zero-order chi connectivity index (χ0) is 13.7. The molecule has 6 nitrogen and oxygen atoms in total. The van der Waals surface area contributed by atoms with E-state index in [-0.39, 0.29) is 12.3 Å². The summed E-state index contributed by atoms with van der Waals surface area (Å²) >= 11 is 0. The molecule has 0 aliphatic carbocycles. The second kappa shape index (κ2) is 5.88. The van der Waals surface area contributed by atoms with E-state index in [2.05, 4.69) is 5.32 Å². The van der Waals surface area contributed by atoms with Gasteiger partial charge >= 0.3 is 5.97 Å². The van der Waals surface area contributed by atoms with E-state index in [1.54, 1.807) is 18.4 Å². The van der Waals surface area contributed by atoms with Gasteiger partial charge in [0.2, 0.25) is 5.91 Å². The maximum atomic E-state index is 11.9. The Morgan fingerprint density at radius 2 is 2.11 bits per heavy atom. The van der Waals surface area contributed by atoms with Gasteiger partial charge in [0.1, 0.15) is 11.3 Å². The number of amides is 1. The van der Waals surface area contributed by atoms with Gasteiger partial charge in [-0.05, 0) is 12.1 Å². The van der Waals surface area contributed by atoms with Crippen LogP contribution in [-0.4, -0.2) is 35.7 Å². The van der Waals surface area contributed by atoms with Crippen molar-refractivity contribution in [3.63, 3.8) is 0 Å². The van der Waals surface area contributed by atoms with Crippen molar-refractivity contribution >= 4 is 11.9 Å². The van der Waals surface area contributed by atoms with Gasteiger partial charge in [-0.1, -0.05) is 0 Å². The van der Waals surface area contributed by atoms with E-state index >= 15 is 0 Å². The van der Waals surface area contributed by atoms with E-state index in [9.17, 15) is 14.7 Å². The fourth-order valence-electron chi connectivity index (χ4n) is 2.13. The summed E-state index contributed by atoms with van der Waals surface area (Å²) in [6.07, 6.45) is 2.82. The summed E-state index contributed by atoms with van der Waals surface area (Å²) in [5, 5.41) is 11.9. The van der Waals surface area contributed by atoms with E-state index in [0.29, 0.717) is 38.2 Å². The van der Waals surface area contributed by atoms with E-state index in [0.717, 1.165) is 0 Å². The van der Waals surface area contributed by atoms with Crippen LogP contribution in [0.4, 0.5) is 0 Å². The predicted octanol–water partition coefficient (Wildman–Crippen LogP) is 0.962. The number of carboxylic acid groups (broad SMARTS) is 1. The zero-order valence-electron chi connectivity index (χ0n) is 10.6. The molecule has 2 N–H and O–H groups in total. The van der Waals surface area contributed by atoms with Gasteiger partial charge in [0.15, 0.2) is 0 Å². The Bertz CT molecular complexity index is 434. The molecule has 19 heavy (non-hydrogen) atoms. The SMILES string of the molecule is O=C(CCc1ccco1)NC1(C(=O)O)CCOCC1. The number of carboxylic acids is 1. The Labute approximate surface area is 110 Å². The van der Waals surface area contributed by atoms with Crippen LogP contribution in [0.3, 0.4) is 0 Å². The minimum atomic E-state index is -1.18. The van der Waals surface area contributed by atoms with Crippen molar-refractivity contribution in [2.45, 2.75) is 31.2 Å². The third kappa shape index (κ3) is 3.35. The molecule has 0 bridgehead atoms. The molecule has 1 aromatic rings. The Balaban J connectivity index is 1.90. The zero-order valence-corrected chi connectivity index (χ0v) is 10.6. The number of aryl methyl sites for hydroxylation is 1. The molecule has 0 saturated carbocycles. The molecule has 0 aromatic carbocycles. The molecular weight excluding hydrogens is 250 g/mol. The summed E-state index contributed by atoms with van der Waals surface area (Å²) in [4.78, 5) is 23.2. The van der Waals surface area contributed by atoms with Crippen molar-refractivity contribution in [2.75, 3.05) is 13.2 Å². The first kappa shape index (κ1) is 13.6. The number of aliphatic carboxylic acids is 1. The lowest BCUT2D eigenvalue weighted by atomic mass is 9.90. The van der Waals surface area contributed by atoms with Gasteiger partial charge < -0.3 is 19.6 Å². The van der Waals surface area contributed by atoms with Crippen molar-refractivity contribution in [3.8, 4) is 0 Å². The fourth-order valence-corrected chi connectivity index (χ4v) is 2.13. The van der Waals surface area contributed by atoms with E-state index in [4.69, 9.17) is 9.15 Å². The average Bonchev–Trinajstić information content (AvgIpc) is 2.90. The van der Waals surface area contributed by atoms with Gasteiger partial charge in [0, 0.05) is 38.9 Å². The van der Waals surface area contributed by atoms with Crippen molar-refractivity contribution in [1.29, 1.82) is 0 Å². The second-order valence-electron chi connectivity index (χ2n) is 4.63. The van der Waals surface area contributed by atoms with Crippen LogP contribution in [0.1, 0.15) is 25.0 Å². The molecule has 1 aliphatic heterocycles. The number of hydrogen-bond donors (Lipinski definition) is 2. The summed E-state index contributed by atoms with van der Waals surface area (Å²) in [5.74, 6) is -0.561. The molecular formula is C13H17NO5. The normalized spacial score (nSPS) is 17.9. The Kier molecular flexibility index (Phi) is 4.21. The van der Waals surface area contributed by atoms with Gasteiger partial charge in [0.25, 0.3) is 0 Å². The van der Waals surface area contributed by atoms with Crippen LogP contribution in [-0.2, 0) is 20.7 Å². The molecule has 0 atom stereocenters. The van der Waals surface area contributed by atoms with Crippen LogP contribution in [0.5, 0.6) is 0 Å². The summed E-state index contributed by atoms with van der Waals surface area (Å²) in [5.41, 5.74) is -1.18. The van der Waals surface area contributed by atoms with Gasteiger partial charge in [-0.3, -0.25) is 4.79 Å². The molecule has 1 fully saturated rings. The number of carbonyl (C=O) groups excluding carboxylic acids is 1. The molecule has 1 aromatic heterocycles. The summed E-state index contributed by atoms with van der Waals surface area (Å²) in [6, 6.07) is 3.54. The Hall–Kier alpha value is -1.82. The minimum absolute atomic E-state index is 0.212. The molecule has 0 unspecified atom stereocenters. The molecule has 2 rings (SSSR count). The lowest BCUT2D eigenvalue weighted by Crippen LogP contribution is -2.57. The van der Waals surface area contributed by atoms with Crippen LogP contribution in [0.15, 0.2) is 22.8 Å². The van der Waals surface area contributed by atoms with Crippen molar-refractivity contribution < 1.29 is 23.8 Å². The van der Waals surface area contributed by atoms with E-state index < -0.39 is 11.5 Å². The lowest BCUT2D eigenvalue weighted by Gasteiger charge is -2.33. The maximum absolute atomic E-state index is 11.9. The first-order valence-corrected chi connectivity index (χ1v) is 6.27. The number of nitrogens with one attached hydrogen (secondary N) is 1. The highest BCUT2D eigenvalue weighted by molar-refractivity contribution is 5.87. The van der Waals surface area contributed by atoms with Crippen molar-refractivity contribution in [2.24, 2.45) is 0 Å². The highest BCUT2D eigenvalue weighted by Crippen LogP contribution is 2.21.